The van der Waals surface area contributed by atoms with Crippen molar-refractivity contribution in [3.63, 3.8) is 0 Å². The highest BCUT2D eigenvalue weighted by molar-refractivity contribution is 6.36. The number of rotatable bonds is 4. The second kappa shape index (κ2) is 8.97. The van der Waals surface area contributed by atoms with Gasteiger partial charge in [-0.2, -0.15) is 0 Å². The van der Waals surface area contributed by atoms with Gasteiger partial charge in [-0.3, -0.25) is 0 Å². The Morgan fingerprint density at radius 2 is 1.95 bits per heavy atom. The van der Waals surface area contributed by atoms with Crippen LogP contribution in [0.2, 0.25) is 10.0 Å². The fraction of sp³-hybridized carbons (Fsp3) is 0.562. The van der Waals surface area contributed by atoms with Gasteiger partial charge in [0, 0.05) is 17.5 Å². The molecule has 1 aromatic rings. The molecule has 0 heterocycles. The number of halogens is 3. The number of esters is 1. The van der Waals surface area contributed by atoms with Gasteiger partial charge in [0.2, 0.25) is 0 Å². The van der Waals surface area contributed by atoms with Crippen molar-refractivity contribution in [2.45, 2.75) is 31.8 Å². The van der Waals surface area contributed by atoms with Crippen LogP contribution in [-0.4, -0.2) is 37.6 Å². The highest BCUT2D eigenvalue weighted by Gasteiger charge is 2.29. The molecule has 0 aliphatic heterocycles. The lowest BCUT2D eigenvalue weighted by Gasteiger charge is -2.33. The summed E-state index contributed by atoms with van der Waals surface area (Å²) in [5, 5.41) is 0.854. The number of carbonyl (C=O) groups is 1. The molecule has 6 heteroatoms. The van der Waals surface area contributed by atoms with E-state index in [1.54, 1.807) is 18.2 Å². The molecule has 0 amide bonds. The van der Waals surface area contributed by atoms with Crippen LogP contribution in [0.1, 0.15) is 36.0 Å². The standard InChI is InChI=1S/C16H21Cl2NO2.ClH/c1-19(2)10-11-5-3-4-6-15(11)21-16(20)13-8-7-12(17)9-14(13)18;/h7-9,11,15H,3-6,10H2,1-2H3;1H/p-1. The molecule has 1 fully saturated rings. The summed E-state index contributed by atoms with van der Waals surface area (Å²) in [7, 11) is 4.09. The number of hydrogen-bond acceptors (Lipinski definition) is 3. The molecule has 0 aromatic heterocycles. The van der Waals surface area contributed by atoms with Gasteiger partial charge in [-0.25, -0.2) is 4.79 Å². The molecule has 22 heavy (non-hydrogen) atoms. The molecular weight excluding hydrogens is 345 g/mol. The average molecular weight is 366 g/mol. The molecular formula is C16H21Cl3NO2-. The van der Waals surface area contributed by atoms with Crippen molar-refractivity contribution in [1.82, 2.24) is 4.90 Å². The van der Waals surface area contributed by atoms with Crippen molar-refractivity contribution >= 4 is 29.2 Å². The molecule has 0 radical (unpaired) electrons. The van der Waals surface area contributed by atoms with E-state index in [0.717, 1.165) is 25.8 Å². The van der Waals surface area contributed by atoms with Gasteiger partial charge in [-0.05, 0) is 51.6 Å². The van der Waals surface area contributed by atoms with Gasteiger partial charge in [0.25, 0.3) is 0 Å². The minimum atomic E-state index is -0.354. The Labute approximate surface area is 148 Å². The highest BCUT2D eigenvalue weighted by Crippen LogP contribution is 2.29. The van der Waals surface area contributed by atoms with Gasteiger partial charge in [-0.1, -0.05) is 29.6 Å². The third-order valence-electron chi connectivity index (χ3n) is 3.85. The first-order valence-electron chi connectivity index (χ1n) is 7.28. The number of nitrogens with zero attached hydrogens (tertiary/aromatic N) is 1. The molecule has 0 bridgehead atoms. The van der Waals surface area contributed by atoms with Gasteiger partial charge < -0.3 is 22.0 Å². The quantitative estimate of drug-likeness (QED) is 0.753. The fourth-order valence-corrected chi connectivity index (χ4v) is 3.35. The Bertz CT molecular complexity index is 508. The van der Waals surface area contributed by atoms with Gasteiger partial charge >= 0.3 is 5.97 Å². The van der Waals surface area contributed by atoms with Crippen molar-refractivity contribution in [2.24, 2.45) is 5.92 Å². The Morgan fingerprint density at radius 1 is 1.27 bits per heavy atom. The molecule has 1 aliphatic rings. The molecule has 2 rings (SSSR count). The second-order valence-corrected chi connectivity index (χ2v) is 6.72. The van der Waals surface area contributed by atoms with Gasteiger partial charge in [0.1, 0.15) is 6.10 Å². The molecule has 2 unspecified atom stereocenters. The number of benzene rings is 1. The molecule has 0 N–H and O–H groups in total. The molecule has 3 nitrogen and oxygen atoms in total. The zero-order chi connectivity index (χ0) is 15.4. The molecule has 2 atom stereocenters. The van der Waals surface area contributed by atoms with Crippen molar-refractivity contribution < 1.29 is 21.9 Å². The largest absolute Gasteiger partial charge is 1.00 e. The van der Waals surface area contributed by atoms with Crippen LogP contribution in [0, 0.1) is 5.92 Å². The zero-order valence-corrected chi connectivity index (χ0v) is 15.1. The van der Waals surface area contributed by atoms with E-state index in [1.165, 1.54) is 6.42 Å². The van der Waals surface area contributed by atoms with E-state index < -0.39 is 0 Å². The third-order valence-corrected chi connectivity index (χ3v) is 4.40. The molecule has 124 valence electrons. The normalized spacial score (nSPS) is 21.3. The molecule has 0 saturated heterocycles. The first-order valence-corrected chi connectivity index (χ1v) is 8.03. The van der Waals surface area contributed by atoms with Crippen LogP contribution in [0.3, 0.4) is 0 Å². The van der Waals surface area contributed by atoms with E-state index in [9.17, 15) is 4.79 Å². The first kappa shape index (κ1) is 19.6. The van der Waals surface area contributed by atoms with Crippen LogP contribution in [0.15, 0.2) is 18.2 Å². The SMILES string of the molecule is CN(C)CC1CCCCC1OC(=O)c1ccc(Cl)cc1Cl.[Cl-]. The monoisotopic (exact) mass is 364 g/mol. The summed E-state index contributed by atoms with van der Waals surface area (Å²) in [5.41, 5.74) is 0.384. The van der Waals surface area contributed by atoms with Crippen molar-refractivity contribution in [3.05, 3.63) is 33.8 Å². The Balaban J connectivity index is 0.00000242. The molecule has 1 aliphatic carbocycles. The number of hydrogen-bond donors (Lipinski definition) is 0. The second-order valence-electron chi connectivity index (χ2n) is 5.87. The van der Waals surface area contributed by atoms with Crippen molar-refractivity contribution in [2.75, 3.05) is 20.6 Å². The maximum absolute atomic E-state index is 12.3. The highest BCUT2D eigenvalue weighted by atomic mass is 35.5. The van der Waals surface area contributed by atoms with Crippen molar-refractivity contribution in [3.8, 4) is 0 Å². The third kappa shape index (κ3) is 5.31. The van der Waals surface area contributed by atoms with Gasteiger partial charge in [0.05, 0.1) is 10.6 Å². The fourth-order valence-electron chi connectivity index (χ4n) is 2.86. The zero-order valence-electron chi connectivity index (χ0n) is 12.8. The topological polar surface area (TPSA) is 29.5 Å². The van der Waals surface area contributed by atoms with Crippen molar-refractivity contribution in [1.29, 1.82) is 0 Å². The Kier molecular flexibility index (Phi) is 7.98. The summed E-state index contributed by atoms with van der Waals surface area (Å²) in [6.45, 7) is 0.937. The summed E-state index contributed by atoms with van der Waals surface area (Å²) < 4.78 is 5.72. The Morgan fingerprint density at radius 3 is 2.59 bits per heavy atom. The van der Waals surface area contributed by atoms with E-state index >= 15 is 0 Å². The first-order chi connectivity index (χ1) is 9.97. The van der Waals surface area contributed by atoms with Crippen LogP contribution in [-0.2, 0) is 4.74 Å². The van der Waals surface area contributed by atoms with E-state index in [0.29, 0.717) is 21.5 Å². The van der Waals surface area contributed by atoms with E-state index in [-0.39, 0.29) is 24.5 Å². The van der Waals surface area contributed by atoms with E-state index in [4.69, 9.17) is 27.9 Å². The van der Waals surface area contributed by atoms with Gasteiger partial charge in [-0.15, -0.1) is 0 Å². The van der Waals surface area contributed by atoms with Gasteiger partial charge in [0.15, 0.2) is 0 Å². The molecule has 1 aromatic carbocycles. The molecule has 0 spiro atoms. The predicted octanol–water partition coefficient (Wildman–Crippen LogP) is 1.27. The predicted molar refractivity (Wildman–Crippen MR) is 86.2 cm³/mol. The summed E-state index contributed by atoms with van der Waals surface area (Å²) in [6, 6.07) is 4.84. The van der Waals surface area contributed by atoms with Crippen LogP contribution in [0.5, 0.6) is 0 Å². The van der Waals surface area contributed by atoms with Crippen LogP contribution < -0.4 is 12.4 Å². The maximum atomic E-state index is 12.3. The number of ether oxygens (including phenoxy) is 1. The van der Waals surface area contributed by atoms with Crippen LogP contribution >= 0.6 is 23.2 Å². The summed E-state index contributed by atoms with van der Waals surface area (Å²) in [4.78, 5) is 14.5. The minimum Gasteiger partial charge on any atom is -1.00 e. The lowest BCUT2D eigenvalue weighted by atomic mass is 9.86. The minimum absolute atomic E-state index is 0. The lowest BCUT2D eigenvalue weighted by molar-refractivity contribution is -0.00342. The van der Waals surface area contributed by atoms with Crippen LogP contribution in [0.25, 0.3) is 0 Å². The van der Waals surface area contributed by atoms with E-state index in [1.807, 2.05) is 14.1 Å². The summed E-state index contributed by atoms with van der Waals surface area (Å²) in [5.74, 6) is 0.0381. The summed E-state index contributed by atoms with van der Waals surface area (Å²) in [6.07, 6.45) is 4.31. The number of carbonyl (C=O) groups excluding carboxylic acids is 1. The maximum Gasteiger partial charge on any atom is 0.339 e. The van der Waals surface area contributed by atoms with E-state index in [2.05, 4.69) is 4.90 Å². The average Bonchev–Trinajstić information content (AvgIpc) is 2.40. The smallest absolute Gasteiger partial charge is 0.339 e. The Hall–Kier alpha value is -0.480. The summed E-state index contributed by atoms with van der Waals surface area (Å²) >= 11 is 11.9. The van der Waals surface area contributed by atoms with Crippen LogP contribution in [0.4, 0.5) is 0 Å². The lowest BCUT2D eigenvalue weighted by Crippen LogP contribution is -3.00. The molecule has 1 saturated carbocycles.